The van der Waals surface area contributed by atoms with Crippen LogP contribution in [-0.4, -0.2) is 6.54 Å². The topological polar surface area (TPSA) is 25.2 Å². The van der Waals surface area contributed by atoms with Crippen molar-refractivity contribution in [3.05, 3.63) is 57.2 Å². The minimum atomic E-state index is -0.194. The van der Waals surface area contributed by atoms with Gasteiger partial charge in [-0.2, -0.15) is 0 Å². The Morgan fingerprint density at radius 1 is 1.32 bits per heavy atom. The van der Waals surface area contributed by atoms with E-state index in [2.05, 4.69) is 28.2 Å². The third-order valence-corrected chi connectivity index (χ3v) is 3.86. The zero-order valence-corrected chi connectivity index (χ0v) is 12.8. The molecular formula is C15H17BrFNO. The molecule has 0 aliphatic carbocycles. The smallest absolute Gasteiger partial charge is 0.174 e. The first-order valence-electron chi connectivity index (χ1n) is 6.27. The molecule has 2 rings (SSSR count). The van der Waals surface area contributed by atoms with Crippen molar-refractivity contribution in [2.75, 3.05) is 6.54 Å². The van der Waals surface area contributed by atoms with Gasteiger partial charge in [-0.25, -0.2) is 4.39 Å². The third kappa shape index (κ3) is 2.90. The molecule has 19 heavy (non-hydrogen) atoms. The predicted octanol–water partition coefficient (Wildman–Crippen LogP) is 4.50. The van der Waals surface area contributed by atoms with E-state index >= 15 is 0 Å². The van der Waals surface area contributed by atoms with Crippen LogP contribution in [0.3, 0.4) is 0 Å². The van der Waals surface area contributed by atoms with Crippen LogP contribution in [0.5, 0.6) is 0 Å². The Bertz CT molecular complexity index is 556. The van der Waals surface area contributed by atoms with Crippen LogP contribution in [0.25, 0.3) is 0 Å². The van der Waals surface area contributed by atoms with Crippen molar-refractivity contribution in [3.63, 3.8) is 0 Å². The summed E-state index contributed by atoms with van der Waals surface area (Å²) >= 11 is 3.42. The van der Waals surface area contributed by atoms with Crippen molar-refractivity contribution in [1.29, 1.82) is 0 Å². The quantitative estimate of drug-likeness (QED) is 0.895. The minimum Gasteiger partial charge on any atom is -0.457 e. The number of hydrogen-bond acceptors (Lipinski definition) is 2. The molecule has 1 aromatic heterocycles. The minimum absolute atomic E-state index is 0.00118. The first kappa shape index (κ1) is 14.3. The lowest BCUT2D eigenvalue weighted by Gasteiger charge is -2.22. The van der Waals surface area contributed by atoms with Crippen molar-refractivity contribution in [2.24, 2.45) is 0 Å². The highest BCUT2D eigenvalue weighted by molar-refractivity contribution is 9.10. The van der Waals surface area contributed by atoms with E-state index in [9.17, 15) is 4.39 Å². The van der Waals surface area contributed by atoms with Gasteiger partial charge in [0, 0.05) is 5.56 Å². The summed E-state index contributed by atoms with van der Waals surface area (Å²) in [5.41, 5.74) is 4.01. The van der Waals surface area contributed by atoms with Crippen molar-refractivity contribution >= 4 is 15.9 Å². The molecular weight excluding hydrogens is 309 g/mol. The predicted molar refractivity (Wildman–Crippen MR) is 77.8 cm³/mol. The van der Waals surface area contributed by atoms with Crippen LogP contribution in [0.4, 0.5) is 4.39 Å². The molecule has 0 radical (unpaired) electrons. The lowest BCUT2D eigenvalue weighted by molar-refractivity contribution is 0.525. The molecule has 102 valence electrons. The van der Waals surface area contributed by atoms with E-state index in [1.165, 1.54) is 0 Å². The van der Waals surface area contributed by atoms with Crippen molar-refractivity contribution < 1.29 is 8.81 Å². The van der Waals surface area contributed by atoms with Gasteiger partial charge in [-0.05, 0) is 71.2 Å². The van der Waals surface area contributed by atoms with Gasteiger partial charge in [0.1, 0.15) is 5.82 Å². The highest BCUT2D eigenvalue weighted by Crippen LogP contribution is 2.33. The zero-order chi connectivity index (χ0) is 14.0. The normalized spacial score (nSPS) is 12.7. The van der Waals surface area contributed by atoms with Gasteiger partial charge in [0.25, 0.3) is 0 Å². The van der Waals surface area contributed by atoms with Gasteiger partial charge in [0.05, 0.1) is 12.3 Å². The lowest BCUT2D eigenvalue weighted by Crippen LogP contribution is -2.23. The van der Waals surface area contributed by atoms with Crippen LogP contribution in [0.2, 0.25) is 0 Å². The zero-order valence-electron chi connectivity index (χ0n) is 11.3. The number of benzene rings is 1. The summed E-state index contributed by atoms with van der Waals surface area (Å²) in [6.07, 6.45) is 1.65. The average molecular weight is 326 g/mol. The molecule has 0 amide bonds. The molecule has 4 heteroatoms. The number of halogens is 2. The molecule has 1 N–H and O–H groups in total. The van der Waals surface area contributed by atoms with E-state index in [0.717, 1.165) is 28.8 Å². The summed E-state index contributed by atoms with van der Waals surface area (Å²) in [5.74, 6) is -0.194. The van der Waals surface area contributed by atoms with Gasteiger partial charge in [-0.3, -0.25) is 0 Å². The maximum atomic E-state index is 13.4. The van der Waals surface area contributed by atoms with Gasteiger partial charge in [-0.1, -0.05) is 6.92 Å². The van der Waals surface area contributed by atoms with E-state index in [4.69, 9.17) is 4.42 Å². The lowest BCUT2D eigenvalue weighted by atomic mass is 9.92. The Morgan fingerprint density at radius 2 is 1.95 bits per heavy atom. The molecule has 1 heterocycles. The summed E-state index contributed by atoms with van der Waals surface area (Å²) in [6, 6.07) is 5.07. The van der Waals surface area contributed by atoms with E-state index < -0.39 is 0 Å². The summed E-state index contributed by atoms with van der Waals surface area (Å²) < 4.78 is 19.5. The molecule has 1 aromatic carbocycles. The number of nitrogens with one attached hydrogen (secondary N) is 1. The SMILES string of the molecule is CCNC(c1ccoc1Br)c1c(C)cc(F)cc1C. The highest BCUT2D eigenvalue weighted by atomic mass is 79.9. The van der Waals surface area contributed by atoms with E-state index in [-0.39, 0.29) is 11.9 Å². The Kier molecular flexibility index (Phi) is 4.42. The maximum absolute atomic E-state index is 13.4. The van der Waals surface area contributed by atoms with Gasteiger partial charge in [-0.15, -0.1) is 0 Å². The van der Waals surface area contributed by atoms with Crippen molar-refractivity contribution in [2.45, 2.75) is 26.8 Å². The number of rotatable bonds is 4. The second-order valence-corrected chi connectivity index (χ2v) is 5.31. The van der Waals surface area contributed by atoms with Gasteiger partial charge >= 0.3 is 0 Å². The van der Waals surface area contributed by atoms with Crippen molar-refractivity contribution in [1.82, 2.24) is 5.32 Å². The van der Waals surface area contributed by atoms with Crippen LogP contribution < -0.4 is 5.32 Å². The third-order valence-electron chi connectivity index (χ3n) is 3.21. The number of furan rings is 1. The fraction of sp³-hybridized carbons (Fsp3) is 0.333. The Hall–Kier alpha value is -1.13. The molecule has 2 nitrogen and oxygen atoms in total. The van der Waals surface area contributed by atoms with Gasteiger partial charge in [0.2, 0.25) is 0 Å². The van der Waals surface area contributed by atoms with Crippen molar-refractivity contribution in [3.8, 4) is 0 Å². The molecule has 0 aliphatic rings. The molecule has 0 fully saturated rings. The molecule has 1 unspecified atom stereocenters. The standard InChI is InChI=1S/C15H17BrFNO/c1-4-18-14(12-5-6-19-15(12)16)13-9(2)7-11(17)8-10(13)3/h5-8,14,18H,4H2,1-3H3. The fourth-order valence-electron chi connectivity index (χ4n) is 2.46. The molecule has 0 spiro atoms. The largest absolute Gasteiger partial charge is 0.457 e. The monoisotopic (exact) mass is 325 g/mol. The second kappa shape index (κ2) is 5.88. The van der Waals surface area contributed by atoms with Gasteiger partial charge in [0.15, 0.2) is 4.67 Å². The Labute approximate surface area is 121 Å². The number of hydrogen-bond donors (Lipinski definition) is 1. The molecule has 1 atom stereocenters. The molecule has 0 saturated carbocycles. The van der Waals surface area contributed by atoms with Crippen LogP contribution >= 0.6 is 15.9 Å². The maximum Gasteiger partial charge on any atom is 0.174 e. The van der Waals surface area contributed by atoms with Crippen LogP contribution in [0.15, 0.2) is 33.5 Å². The van der Waals surface area contributed by atoms with Crippen LogP contribution in [0, 0.1) is 19.7 Å². The fourth-order valence-corrected chi connectivity index (χ4v) is 2.93. The Balaban J connectivity index is 2.54. The van der Waals surface area contributed by atoms with Crippen LogP contribution in [0.1, 0.15) is 35.2 Å². The summed E-state index contributed by atoms with van der Waals surface area (Å²) in [5, 5.41) is 3.43. The summed E-state index contributed by atoms with van der Waals surface area (Å²) in [6.45, 7) is 6.74. The summed E-state index contributed by atoms with van der Waals surface area (Å²) in [7, 11) is 0. The van der Waals surface area contributed by atoms with Gasteiger partial charge < -0.3 is 9.73 Å². The average Bonchev–Trinajstić information content (AvgIpc) is 2.73. The summed E-state index contributed by atoms with van der Waals surface area (Å²) in [4.78, 5) is 0. The molecule has 0 aliphatic heterocycles. The van der Waals surface area contributed by atoms with E-state index in [0.29, 0.717) is 4.67 Å². The first-order chi connectivity index (χ1) is 9.04. The van der Waals surface area contributed by atoms with E-state index in [1.807, 2.05) is 19.9 Å². The van der Waals surface area contributed by atoms with E-state index in [1.54, 1.807) is 18.4 Å². The second-order valence-electron chi connectivity index (χ2n) is 4.59. The Morgan fingerprint density at radius 3 is 2.42 bits per heavy atom. The molecule has 0 bridgehead atoms. The van der Waals surface area contributed by atoms with Crippen LogP contribution in [-0.2, 0) is 0 Å². The first-order valence-corrected chi connectivity index (χ1v) is 7.06. The molecule has 0 saturated heterocycles. The highest BCUT2D eigenvalue weighted by Gasteiger charge is 2.21. The number of aryl methyl sites for hydroxylation is 2. The molecule has 2 aromatic rings.